The first-order valence-electron chi connectivity index (χ1n) is 7.74. The van der Waals surface area contributed by atoms with Gasteiger partial charge in [0.25, 0.3) is 0 Å². The van der Waals surface area contributed by atoms with Gasteiger partial charge < -0.3 is 5.73 Å². The summed E-state index contributed by atoms with van der Waals surface area (Å²) in [6.07, 6.45) is 4.52. The van der Waals surface area contributed by atoms with Gasteiger partial charge in [0.2, 0.25) is 0 Å². The molecule has 2 N–H and O–H groups in total. The highest BCUT2D eigenvalue weighted by atomic mass is 32.1. The van der Waals surface area contributed by atoms with Crippen LogP contribution >= 0.6 is 11.3 Å². The number of benzene rings is 1. The van der Waals surface area contributed by atoms with Crippen molar-refractivity contribution in [1.82, 2.24) is 4.90 Å². The Morgan fingerprint density at radius 1 is 1.19 bits per heavy atom. The van der Waals surface area contributed by atoms with Crippen molar-refractivity contribution in [2.24, 2.45) is 5.73 Å². The number of likely N-dealkylation sites (N-methyl/N-ethyl adjacent to an activating group) is 1. The summed E-state index contributed by atoms with van der Waals surface area (Å²) in [7, 11) is 2.24. The van der Waals surface area contributed by atoms with Crippen LogP contribution in [0.15, 0.2) is 41.8 Å². The number of thiophene rings is 1. The number of nitrogens with two attached hydrogens (primary N) is 1. The number of hydrogen-bond acceptors (Lipinski definition) is 3. The van der Waals surface area contributed by atoms with E-state index in [1.54, 1.807) is 0 Å². The van der Waals surface area contributed by atoms with Crippen LogP contribution in [0.25, 0.3) is 0 Å². The number of nitrogens with zero attached hydrogens (tertiary/aromatic N) is 1. The van der Waals surface area contributed by atoms with Gasteiger partial charge in [0.15, 0.2) is 0 Å². The van der Waals surface area contributed by atoms with E-state index >= 15 is 0 Å². The van der Waals surface area contributed by atoms with Crippen molar-refractivity contribution in [3.63, 3.8) is 0 Å². The van der Waals surface area contributed by atoms with Gasteiger partial charge in [-0.3, -0.25) is 4.90 Å². The van der Waals surface area contributed by atoms with E-state index in [-0.39, 0.29) is 5.54 Å². The van der Waals surface area contributed by atoms with Crippen molar-refractivity contribution in [1.29, 1.82) is 0 Å². The lowest BCUT2D eigenvalue weighted by atomic mass is 9.77. The fourth-order valence-corrected chi connectivity index (χ4v) is 4.11. The maximum absolute atomic E-state index is 6.21. The monoisotopic (exact) mass is 300 g/mol. The Bertz CT molecular complexity index is 579. The molecule has 3 rings (SSSR count). The van der Waals surface area contributed by atoms with Gasteiger partial charge in [0.1, 0.15) is 0 Å². The molecule has 0 amide bonds. The average molecular weight is 300 g/mol. The molecule has 1 heterocycles. The molecule has 2 nitrogen and oxygen atoms in total. The first kappa shape index (κ1) is 14.8. The van der Waals surface area contributed by atoms with Gasteiger partial charge in [0.05, 0.1) is 0 Å². The van der Waals surface area contributed by atoms with Crippen LogP contribution in [0.2, 0.25) is 0 Å². The number of aryl methyl sites for hydroxylation is 1. The minimum atomic E-state index is 0.131. The first-order valence-corrected chi connectivity index (χ1v) is 8.62. The average Bonchev–Trinajstić information content (AvgIpc) is 3.05. The van der Waals surface area contributed by atoms with Gasteiger partial charge in [-0.1, -0.05) is 30.3 Å². The lowest BCUT2D eigenvalue weighted by molar-refractivity contribution is 0.110. The van der Waals surface area contributed by atoms with Gasteiger partial charge in [-0.25, -0.2) is 0 Å². The van der Waals surface area contributed by atoms with E-state index in [0.717, 1.165) is 32.4 Å². The highest BCUT2D eigenvalue weighted by molar-refractivity contribution is 7.09. The summed E-state index contributed by atoms with van der Waals surface area (Å²) >= 11 is 1.85. The molecule has 0 bridgehead atoms. The smallest absolute Gasteiger partial charge is 0.0372 e. The van der Waals surface area contributed by atoms with Gasteiger partial charge in [-0.15, -0.1) is 11.3 Å². The van der Waals surface area contributed by atoms with Crippen LogP contribution in [-0.2, 0) is 19.3 Å². The van der Waals surface area contributed by atoms with E-state index in [4.69, 9.17) is 5.73 Å². The molecule has 1 aromatic carbocycles. The molecule has 21 heavy (non-hydrogen) atoms. The zero-order chi connectivity index (χ0) is 14.7. The maximum atomic E-state index is 6.21. The van der Waals surface area contributed by atoms with Crippen molar-refractivity contribution in [3.05, 3.63) is 57.8 Å². The van der Waals surface area contributed by atoms with Crippen molar-refractivity contribution in [2.45, 2.75) is 31.2 Å². The molecule has 1 unspecified atom stereocenters. The zero-order valence-electron chi connectivity index (χ0n) is 12.7. The third kappa shape index (κ3) is 3.05. The van der Waals surface area contributed by atoms with Crippen LogP contribution in [0.3, 0.4) is 0 Å². The lowest BCUT2D eigenvalue weighted by Gasteiger charge is -2.44. The summed E-state index contributed by atoms with van der Waals surface area (Å²) in [5, 5.41) is 2.16. The Morgan fingerprint density at radius 3 is 2.71 bits per heavy atom. The van der Waals surface area contributed by atoms with Crippen molar-refractivity contribution in [3.8, 4) is 0 Å². The standard InChI is InChI=1S/C18H24N2S/c1-20(11-9-17-7-4-12-21-17)18(14-19)10-8-15-5-2-3-6-16(15)13-18/h2-7,12H,8-11,13-14,19H2,1H3. The third-order valence-electron chi connectivity index (χ3n) is 4.96. The number of hydrogen-bond donors (Lipinski definition) is 1. The normalized spacial score (nSPS) is 21.5. The van der Waals surface area contributed by atoms with Crippen LogP contribution < -0.4 is 5.73 Å². The Balaban J connectivity index is 1.72. The van der Waals surface area contributed by atoms with E-state index in [9.17, 15) is 0 Å². The number of fused-ring (bicyclic) bond motifs is 1. The van der Waals surface area contributed by atoms with E-state index in [1.807, 2.05) is 11.3 Å². The molecule has 1 atom stereocenters. The molecule has 0 aliphatic heterocycles. The van der Waals surface area contributed by atoms with Crippen LogP contribution in [0.1, 0.15) is 22.4 Å². The molecular weight excluding hydrogens is 276 g/mol. The second kappa shape index (κ2) is 6.30. The van der Waals surface area contributed by atoms with E-state index in [2.05, 4.69) is 53.7 Å². The first-order chi connectivity index (χ1) is 10.2. The molecule has 1 aliphatic carbocycles. The van der Waals surface area contributed by atoms with Crippen LogP contribution in [0, 0.1) is 0 Å². The van der Waals surface area contributed by atoms with Gasteiger partial charge in [0, 0.05) is 23.5 Å². The van der Waals surface area contributed by atoms with E-state index in [1.165, 1.54) is 22.4 Å². The molecule has 0 saturated heterocycles. The largest absolute Gasteiger partial charge is 0.329 e. The molecule has 0 radical (unpaired) electrons. The summed E-state index contributed by atoms with van der Waals surface area (Å²) in [6, 6.07) is 13.2. The predicted octanol–water partition coefficient (Wildman–Crippen LogP) is 3.11. The topological polar surface area (TPSA) is 29.3 Å². The Hall–Kier alpha value is -1.16. The predicted molar refractivity (Wildman–Crippen MR) is 90.9 cm³/mol. The van der Waals surface area contributed by atoms with Gasteiger partial charge in [-0.2, -0.15) is 0 Å². The summed E-state index contributed by atoms with van der Waals surface area (Å²) in [5.41, 5.74) is 9.33. The summed E-state index contributed by atoms with van der Waals surface area (Å²) < 4.78 is 0. The lowest BCUT2D eigenvalue weighted by Crippen LogP contribution is -2.56. The quantitative estimate of drug-likeness (QED) is 0.919. The Morgan fingerprint density at radius 2 is 2.00 bits per heavy atom. The highest BCUT2D eigenvalue weighted by Gasteiger charge is 2.36. The van der Waals surface area contributed by atoms with Crippen LogP contribution in [0.5, 0.6) is 0 Å². The Kier molecular flexibility index (Phi) is 4.43. The molecule has 0 fully saturated rings. The highest BCUT2D eigenvalue weighted by Crippen LogP contribution is 2.32. The second-order valence-electron chi connectivity index (χ2n) is 6.12. The molecule has 0 spiro atoms. The number of rotatable bonds is 5. The van der Waals surface area contributed by atoms with Crippen molar-refractivity contribution in [2.75, 3.05) is 20.1 Å². The molecule has 1 aliphatic rings. The molecule has 1 aromatic heterocycles. The Labute approximate surface area is 131 Å². The molecule has 3 heteroatoms. The zero-order valence-corrected chi connectivity index (χ0v) is 13.5. The van der Waals surface area contributed by atoms with Gasteiger partial charge >= 0.3 is 0 Å². The van der Waals surface area contributed by atoms with E-state index in [0.29, 0.717) is 0 Å². The fourth-order valence-electron chi connectivity index (χ4n) is 3.41. The fraction of sp³-hybridized carbons (Fsp3) is 0.444. The molecule has 112 valence electrons. The van der Waals surface area contributed by atoms with Crippen LogP contribution in [0.4, 0.5) is 0 Å². The second-order valence-corrected chi connectivity index (χ2v) is 7.16. The molecular formula is C18H24N2S. The summed E-state index contributed by atoms with van der Waals surface area (Å²) in [4.78, 5) is 3.97. The van der Waals surface area contributed by atoms with Crippen molar-refractivity contribution >= 4 is 11.3 Å². The van der Waals surface area contributed by atoms with Crippen LogP contribution in [-0.4, -0.2) is 30.6 Å². The minimum absolute atomic E-state index is 0.131. The summed E-state index contributed by atoms with van der Waals surface area (Å²) in [6.45, 7) is 1.82. The van der Waals surface area contributed by atoms with Crippen molar-refractivity contribution < 1.29 is 0 Å². The van der Waals surface area contributed by atoms with Gasteiger partial charge in [-0.05, 0) is 55.3 Å². The third-order valence-corrected chi connectivity index (χ3v) is 5.90. The minimum Gasteiger partial charge on any atom is -0.329 e. The maximum Gasteiger partial charge on any atom is 0.0372 e. The van der Waals surface area contributed by atoms with E-state index < -0.39 is 0 Å². The summed E-state index contributed by atoms with van der Waals surface area (Å²) in [5.74, 6) is 0. The molecule has 0 saturated carbocycles. The SMILES string of the molecule is CN(CCc1cccs1)C1(CN)CCc2ccccc2C1. The molecule has 2 aromatic rings.